The summed E-state index contributed by atoms with van der Waals surface area (Å²) in [5, 5.41) is 0. The summed E-state index contributed by atoms with van der Waals surface area (Å²) in [6.45, 7) is 0. The van der Waals surface area contributed by atoms with Gasteiger partial charge in [0.25, 0.3) is 0 Å². The Morgan fingerprint density at radius 2 is 2.00 bits per heavy atom. The minimum Gasteiger partial charge on any atom is -0.292 e. The smallest absolute Gasteiger partial charge is 0.210 e. The lowest BCUT2D eigenvalue weighted by molar-refractivity contribution is 0.589. The molecule has 0 saturated carbocycles. The van der Waals surface area contributed by atoms with E-state index in [2.05, 4.69) is 5.50 Å². The van der Waals surface area contributed by atoms with Gasteiger partial charge in [-0.1, -0.05) is 0 Å². The van der Waals surface area contributed by atoms with Gasteiger partial charge in [-0.05, 0) is 0 Å². The van der Waals surface area contributed by atoms with E-state index in [0.29, 0.717) is 0 Å². The molecule has 0 aromatic carbocycles. The van der Waals surface area contributed by atoms with Crippen molar-refractivity contribution in [3.63, 3.8) is 0 Å². The molecule has 0 aromatic heterocycles. The number of hydrogen-bond donors (Lipinski definition) is 1. The molecule has 0 fully saturated rings. The third-order valence-corrected chi connectivity index (χ3v) is 0. The van der Waals surface area contributed by atoms with E-state index in [1.807, 2.05) is 0 Å². The zero-order valence-corrected chi connectivity index (χ0v) is 2.99. The molecular weight excluding hydrogens is 75.0 g/mol. The van der Waals surface area contributed by atoms with Gasteiger partial charge in [-0.3, -0.25) is 10.1 Å². The van der Waals surface area contributed by atoms with E-state index in [1.165, 1.54) is 0 Å². The van der Waals surface area contributed by atoms with Gasteiger partial charge in [0.05, 0.1) is 0 Å². The largest absolute Gasteiger partial charge is 0.292 e. The van der Waals surface area contributed by atoms with Gasteiger partial charge in [0, 0.05) is 0 Å². The van der Waals surface area contributed by atoms with Crippen LogP contribution in [0.4, 0.5) is 0 Å². The molecule has 1 radical (unpaired) electrons. The Hall–Kier alpha value is 0.150. The molecule has 0 bridgehead atoms. The van der Waals surface area contributed by atoms with E-state index in [1.54, 1.807) is 0 Å². The van der Waals surface area contributed by atoms with Crippen LogP contribution in [0.25, 0.3) is 0 Å². The predicted octanol–water partition coefficient (Wildman–Crippen LogP) is -0.382. The van der Waals surface area contributed by atoms with Crippen LogP contribution >= 0.6 is 8.10 Å². The van der Waals surface area contributed by atoms with Crippen molar-refractivity contribution in [3.8, 4) is 0 Å². The van der Waals surface area contributed by atoms with Crippen LogP contribution in [0.1, 0.15) is 0 Å². The van der Waals surface area contributed by atoms with E-state index in [-0.39, 0.29) is 0 Å². The summed E-state index contributed by atoms with van der Waals surface area (Å²) >= 11 is 0. The predicted molar refractivity (Wildman–Crippen MR) is 16.3 cm³/mol. The molecule has 0 aliphatic carbocycles. The highest BCUT2D eigenvalue weighted by atomic mass is 31.1. The van der Waals surface area contributed by atoms with Crippen LogP contribution in [-0.4, -0.2) is 0 Å². The van der Waals surface area contributed by atoms with Crippen LogP contribution in [-0.2, 0) is 4.57 Å². The van der Waals surface area contributed by atoms with Crippen LogP contribution in [0.3, 0.4) is 0 Å². The Morgan fingerprint density at radius 1 is 2.00 bits per heavy atom. The second kappa shape index (κ2) is 1.47. The lowest BCUT2D eigenvalue weighted by atomic mass is 13.9. The lowest BCUT2D eigenvalue weighted by Crippen LogP contribution is -1.71. The SMILES string of the molecule is [NH][PH](N)=O. The van der Waals surface area contributed by atoms with Crippen molar-refractivity contribution in [1.82, 2.24) is 5.50 Å². The molecule has 0 spiro atoms. The van der Waals surface area contributed by atoms with Gasteiger partial charge in [0.2, 0.25) is 8.10 Å². The maximum Gasteiger partial charge on any atom is 0.210 e. The second-order valence-corrected chi connectivity index (χ2v) is 1.09. The quantitative estimate of drug-likeness (QED) is 0.402. The standard InChI is InChI=1S/H4N2OP/c1-4(2)3/h1,4H,(H2,2,3). The Labute approximate surface area is 24.9 Å². The highest BCUT2D eigenvalue weighted by Gasteiger charge is 1.58. The van der Waals surface area contributed by atoms with E-state index < -0.39 is 8.10 Å². The average molecular weight is 79.0 g/mol. The first kappa shape index (κ1) is 4.15. The Kier molecular flexibility index (Phi) is 1.52. The summed E-state index contributed by atoms with van der Waals surface area (Å²) in [7, 11) is -2.38. The fourth-order valence-electron chi connectivity index (χ4n) is 0. The first-order chi connectivity index (χ1) is 1.73. The molecule has 25 valence electrons. The van der Waals surface area contributed by atoms with Gasteiger partial charge in [-0.25, -0.2) is 0 Å². The maximum atomic E-state index is 9.07. The summed E-state index contributed by atoms with van der Waals surface area (Å²) in [6.07, 6.45) is 0. The van der Waals surface area contributed by atoms with E-state index >= 15 is 0 Å². The topological polar surface area (TPSA) is 66.9 Å². The second-order valence-electron chi connectivity index (χ2n) is 0.364. The van der Waals surface area contributed by atoms with Crippen molar-refractivity contribution in [2.24, 2.45) is 5.50 Å². The zero-order valence-electron chi connectivity index (χ0n) is 1.99. The van der Waals surface area contributed by atoms with Gasteiger partial charge in [-0.15, -0.1) is 0 Å². The fraction of sp³-hybridized carbons (Fsp3) is 0. The van der Waals surface area contributed by atoms with Gasteiger partial charge in [0.15, 0.2) is 0 Å². The van der Waals surface area contributed by atoms with Crippen molar-refractivity contribution < 1.29 is 4.57 Å². The highest BCUT2D eigenvalue weighted by molar-refractivity contribution is 7.38. The molecule has 0 aliphatic rings. The minimum absolute atomic E-state index is 2.38. The number of rotatable bonds is 0. The van der Waals surface area contributed by atoms with Gasteiger partial charge < -0.3 is 0 Å². The summed E-state index contributed by atoms with van der Waals surface area (Å²) in [5.41, 5.74) is 10.2. The Balaban J connectivity index is 2.80. The monoisotopic (exact) mass is 79.0 g/mol. The molecule has 0 aromatic rings. The zero-order chi connectivity index (χ0) is 3.58. The number of nitrogens with one attached hydrogen (secondary N) is 1. The third-order valence-electron chi connectivity index (χ3n) is 0. The molecule has 1 atom stereocenters. The van der Waals surface area contributed by atoms with Crippen molar-refractivity contribution in [3.05, 3.63) is 0 Å². The van der Waals surface area contributed by atoms with Crippen molar-refractivity contribution in [1.29, 1.82) is 0 Å². The minimum atomic E-state index is -2.38. The van der Waals surface area contributed by atoms with E-state index in [9.17, 15) is 0 Å². The number of nitrogens with two attached hydrogens (primary N) is 1. The average Bonchev–Trinajstić information content (AvgIpc) is 0.811. The van der Waals surface area contributed by atoms with Crippen LogP contribution in [0.5, 0.6) is 0 Å². The summed E-state index contributed by atoms with van der Waals surface area (Å²) in [5.74, 6) is 0. The summed E-state index contributed by atoms with van der Waals surface area (Å²) in [6, 6.07) is 0. The molecule has 0 heterocycles. The molecule has 3 nitrogen and oxygen atoms in total. The summed E-state index contributed by atoms with van der Waals surface area (Å²) < 4.78 is 9.07. The van der Waals surface area contributed by atoms with Gasteiger partial charge in [-0.2, -0.15) is 5.50 Å². The molecule has 4 heteroatoms. The van der Waals surface area contributed by atoms with Crippen molar-refractivity contribution in [2.75, 3.05) is 0 Å². The van der Waals surface area contributed by atoms with Crippen LogP contribution in [0.2, 0.25) is 0 Å². The highest BCUT2D eigenvalue weighted by Crippen LogP contribution is 1.88. The Bertz CT molecular complexity index is 29.0. The van der Waals surface area contributed by atoms with Crippen molar-refractivity contribution >= 4 is 8.10 Å². The molecule has 3 N–H and O–H groups in total. The molecular formula is H4N2OP. The lowest BCUT2D eigenvalue weighted by Gasteiger charge is -1.61. The molecule has 0 amide bonds. The normalized spacial score (nSPS) is 8.75. The molecule has 1 unspecified atom stereocenters. The van der Waals surface area contributed by atoms with E-state index in [4.69, 9.17) is 10.1 Å². The summed E-state index contributed by atoms with van der Waals surface area (Å²) in [4.78, 5) is 0. The van der Waals surface area contributed by atoms with E-state index in [0.717, 1.165) is 0 Å². The Morgan fingerprint density at radius 3 is 2.00 bits per heavy atom. The molecule has 0 rings (SSSR count). The first-order valence-corrected chi connectivity index (χ1v) is 2.23. The molecule has 4 heavy (non-hydrogen) atoms. The van der Waals surface area contributed by atoms with Crippen LogP contribution in [0, 0.1) is 0 Å². The third kappa shape index (κ3) is 126. The molecule has 0 aliphatic heterocycles. The van der Waals surface area contributed by atoms with Crippen LogP contribution in [0.15, 0.2) is 0 Å². The number of hydrogen-bond acceptors (Lipinski definition) is 1. The van der Waals surface area contributed by atoms with Crippen LogP contribution < -0.4 is 11.0 Å². The maximum absolute atomic E-state index is 9.07. The first-order valence-electron chi connectivity index (χ1n) is 0.743. The van der Waals surface area contributed by atoms with Gasteiger partial charge in [0.1, 0.15) is 0 Å². The fourth-order valence-corrected chi connectivity index (χ4v) is 0. The van der Waals surface area contributed by atoms with Crippen molar-refractivity contribution in [2.45, 2.75) is 0 Å². The van der Waals surface area contributed by atoms with Gasteiger partial charge >= 0.3 is 0 Å². The molecule has 0 saturated heterocycles.